The summed E-state index contributed by atoms with van der Waals surface area (Å²) in [6.07, 6.45) is -49.2. The molecule has 0 saturated heterocycles. The highest BCUT2D eigenvalue weighted by atomic mass is 19.4. The predicted octanol–water partition coefficient (Wildman–Crippen LogP) is 15.6. The van der Waals surface area contributed by atoms with Crippen LogP contribution in [0.1, 0.15) is 77.6 Å². The second-order valence-electron chi connectivity index (χ2n) is 19.3. The van der Waals surface area contributed by atoms with Crippen LogP contribution >= 0.6 is 0 Å². The summed E-state index contributed by atoms with van der Waals surface area (Å²) in [5, 5.41) is 0. The van der Waals surface area contributed by atoms with Crippen LogP contribution in [0.2, 0.25) is 0 Å². The molecule has 446 valence electrons. The van der Waals surface area contributed by atoms with Gasteiger partial charge in [-0.15, -0.1) is 0 Å². The summed E-state index contributed by atoms with van der Waals surface area (Å²) in [6, 6.07) is 17.6. The number of hydrogen-bond donors (Lipinski definition) is 0. The third-order valence-corrected chi connectivity index (χ3v) is 13.8. The van der Waals surface area contributed by atoms with E-state index < -0.39 is 195 Å². The molecule has 0 N–H and O–H groups in total. The van der Waals surface area contributed by atoms with Crippen molar-refractivity contribution in [1.82, 2.24) is 4.98 Å². The maximum Gasteiger partial charge on any atom is 0.416 e. The van der Waals surface area contributed by atoms with Crippen molar-refractivity contribution < 1.29 is 115 Å². The summed E-state index contributed by atoms with van der Waals surface area (Å²) in [7, 11) is 0. The molecule has 8 aromatic rings. The number of ketones is 1. The Labute approximate surface area is 462 Å². The third-order valence-electron chi connectivity index (χ3n) is 13.8. The highest BCUT2D eigenvalue weighted by Gasteiger charge is 2.47. The molecule has 7 aromatic carbocycles. The van der Waals surface area contributed by atoms with Crippen LogP contribution in [-0.2, 0) is 56.0 Å². The summed E-state index contributed by atoms with van der Waals surface area (Å²) in [6.45, 7) is 0.301. The molecule has 28 heteroatoms. The molecule has 0 amide bonds. The lowest BCUT2D eigenvalue weighted by molar-refractivity contribution is -0.684. The number of Topliss-reactive ketones (excluding diaryl/α,β-unsaturated/α-hetero) is 1. The van der Waals surface area contributed by atoms with Gasteiger partial charge in [-0.05, 0) is 46.5 Å². The van der Waals surface area contributed by atoms with E-state index in [1.165, 1.54) is 22.3 Å². The molecular weight excluding hydrogens is 1200 g/mol. The first-order chi connectivity index (χ1) is 39.1. The van der Waals surface area contributed by atoms with Crippen molar-refractivity contribution in [2.45, 2.75) is 61.9 Å². The highest BCUT2D eigenvalue weighted by molar-refractivity contribution is 7.20. The molecule has 9 rings (SSSR count). The second-order valence-corrected chi connectivity index (χ2v) is 19.3. The van der Waals surface area contributed by atoms with Gasteiger partial charge < -0.3 is 0 Å². The van der Waals surface area contributed by atoms with Gasteiger partial charge >= 0.3 is 49.4 Å². The van der Waals surface area contributed by atoms with E-state index in [1.54, 1.807) is 6.20 Å². The van der Waals surface area contributed by atoms with Crippen molar-refractivity contribution in [3.8, 4) is 11.1 Å². The molecule has 3 nitrogen and oxygen atoms in total. The zero-order valence-corrected chi connectivity index (χ0v) is 41.9. The third kappa shape index (κ3) is 13.3. The molecule has 1 aromatic heterocycles. The first-order valence-corrected chi connectivity index (χ1v) is 24.0. The lowest BCUT2D eigenvalue weighted by Gasteiger charge is -2.46. The maximum atomic E-state index is 14.2. The Morgan fingerprint density at radius 1 is 0.376 bits per heavy atom. The van der Waals surface area contributed by atoms with Gasteiger partial charge in [0.15, 0.2) is 12.4 Å². The van der Waals surface area contributed by atoms with Gasteiger partial charge in [-0.2, -0.15) is 132 Å². The molecule has 1 aliphatic rings. The zero-order valence-electron chi connectivity index (χ0n) is 41.9. The molecule has 1 heterocycles. The van der Waals surface area contributed by atoms with E-state index in [0.29, 0.717) is 6.54 Å². The quantitative estimate of drug-likeness (QED) is 0.0658. The predicted molar refractivity (Wildman–Crippen MR) is 258 cm³/mol. The number of nitrogens with zero attached hydrogens (tertiary/aromatic N) is 2. The van der Waals surface area contributed by atoms with Crippen molar-refractivity contribution in [3.05, 3.63) is 237 Å². The van der Waals surface area contributed by atoms with Crippen LogP contribution in [0.15, 0.2) is 170 Å². The molecule has 0 unspecified atom stereocenters. The van der Waals surface area contributed by atoms with E-state index in [-0.39, 0.29) is 11.7 Å². The van der Waals surface area contributed by atoms with Crippen molar-refractivity contribution in [2.24, 2.45) is 0 Å². The van der Waals surface area contributed by atoms with E-state index in [9.17, 15) is 110 Å². The summed E-state index contributed by atoms with van der Waals surface area (Å²) in [5.41, 5.74) is -23.5. The van der Waals surface area contributed by atoms with Crippen LogP contribution in [-0.4, -0.2) is 16.9 Å². The van der Waals surface area contributed by atoms with Gasteiger partial charge in [0.05, 0.1) is 56.6 Å². The SMILES string of the molecule is FC(F)(F)c1cc([B-](c2cc(C(F)(F)F)cc(C(F)(F)F)c2)(c2cc(C(F)(F)F)cc(C(F)(F)F)c2)c2cc(C(F)(F)F)cc(C(F)(F)F)c2)cc(C(F)(F)F)c1.O=C(C[n+]1ccnc(C2c3ccccc3-c3ccccc32)c1)c1ccccc1. The molecule has 0 spiro atoms. The molecular formula is C57H31BF24N2O. The first kappa shape index (κ1) is 62.7. The van der Waals surface area contributed by atoms with E-state index in [0.717, 1.165) is 11.3 Å². The Morgan fingerprint density at radius 2 is 0.647 bits per heavy atom. The van der Waals surface area contributed by atoms with Gasteiger partial charge in [-0.1, -0.05) is 127 Å². The van der Waals surface area contributed by atoms with Gasteiger partial charge in [0.25, 0.3) is 0 Å². The van der Waals surface area contributed by atoms with Crippen molar-refractivity contribution in [2.75, 3.05) is 0 Å². The number of alkyl halides is 24. The first-order valence-electron chi connectivity index (χ1n) is 24.0. The fourth-order valence-corrected chi connectivity index (χ4v) is 10.1. The minimum Gasteiger partial charge on any atom is -0.287 e. The largest absolute Gasteiger partial charge is 0.416 e. The lowest BCUT2D eigenvalue weighted by Crippen LogP contribution is -2.75. The van der Waals surface area contributed by atoms with Crippen LogP contribution in [0.3, 0.4) is 0 Å². The molecule has 0 bridgehead atoms. The minimum atomic E-state index is -6.13. The van der Waals surface area contributed by atoms with Crippen molar-refractivity contribution in [3.63, 3.8) is 0 Å². The van der Waals surface area contributed by atoms with Crippen molar-refractivity contribution in [1.29, 1.82) is 0 Å². The van der Waals surface area contributed by atoms with Gasteiger partial charge in [-0.25, -0.2) is 4.98 Å². The summed E-state index contributed by atoms with van der Waals surface area (Å²) in [4.78, 5) is 17.3. The fraction of sp³-hybridized carbons (Fsp3) is 0.175. The number of carbonyl (C=O) groups is 1. The van der Waals surface area contributed by atoms with E-state index in [4.69, 9.17) is 0 Å². The number of fused-ring (bicyclic) bond motifs is 3. The van der Waals surface area contributed by atoms with Crippen LogP contribution in [0.5, 0.6) is 0 Å². The number of benzene rings is 7. The summed E-state index contributed by atoms with van der Waals surface area (Å²) in [5.74, 6) is 0.182. The van der Waals surface area contributed by atoms with Gasteiger partial charge in [-0.3, -0.25) is 4.79 Å². The lowest BCUT2D eigenvalue weighted by atomic mass is 9.12. The summed E-state index contributed by atoms with van der Waals surface area (Å²) >= 11 is 0. The van der Waals surface area contributed by atoms with Gasteiger partial charge in [0.2, 0.25) is 12.3 Å². The van der Waals surface area contributed by atoms with Crippen LogP contribution < -0.4 is 26.4 Å². The number of rotatable bonds is 8. The average Bonchev–Trinajstić information content (AvgIpc) is 1.19. The van der Waals surface area contributed by atoms with Gasteiger partial charge in [0, 0.05) is 5.56 Å². The summed E-state index contributed by atoms with van der Waals surface area (Å²) < 4.78 is 343. The number of carbonyl (C=O) groups excluding carboxylic acids is 1. The molecule has 0 atom stereocenters. The number of aromatic nitrogens is 2. The van der Waals surface area contributed by atoms with Crippen molar-refractivity contribution >= 4 is 33.8 Å². The molecule has 85 heavy (non-hydrogen) atoms. The standard InChI is InChI=1S/C32H12BF24.C25H19N2O/c34-25(35,36)13-1-14(26(37,38)39)6-21(5-13)33(22-7-15(27(40,41)42)2-16(8-22)28(43,44)45,23-9-17(29(46,47)48)3-18(10-23)30(49,50)51)24-11-19(31(52,53)54)4-20(12-24)32(55,56)57;28-24(18-8-2-1-3-9-18)17-27-15-14-26-23(16-27)25-21-12-6-4-10-19(21)20-11-5-7-13-22(20)25/h1-12H;1-16,25H,17H2/q-1;+1. The average molecular weight is 1230 g/mol. The molecule has 0 aliphatic heterocycles. The Hall–Kier alpha value is -8.33. The smallest absolute Gasteiger partial charge is 0.287 e. The number of hydrogen-bond acceptors (Lipinski definition) is 2. The van der Waals surface area contributed by atoms with Crippen LogP contribution in [0.4, 0.5) is 105 Å². The van der Waals surface area contributed by atoms with Crippen LogP contribution in [0.25, 0.3) is 11.1 Å². The van der Waals surface area contributed by atoms with E-state index in [2.05, 4.69) is 53.5 Å². The Balaban J connectivity index is 0.000000276. The topological polar surface area (TPSA) is 33.8 Å². The molecule has 0 saturated carbocycles. The minimum absolute atomic E-state index is 0.0895. The normalized spacial score (nSPS) is 13.7. The maximum absolute atomic E-state index is 14.2. The second kappa shape index (κ2) is 21.9. The van der Waals surface area contributed by atoms with Gasteiger partial charge in [0.1, 0.15) is 11.8 Å². The van der Waals surface area contributed by atoms with Crippen LogP contribution in [0, 0.1) is 0 Å². The molecule has 0 fully saturated rings. The fourth-order valence-electron chi connectivity index (χ4n) is 10.1. The van der Waals surface area contributed by atoms with E-state index >= 15 is 0 Å². The highest BCUT2D eigenvalue weighted by Crippen LogP contribution is 2.47. The Morgan fingerprint density at radius 3 is 0.929 bits per heavy atom. The Kier molecular flexibility index (Phi) is 16.2. The molecule has 0 radical (unpaired) electrons. The monoisotopic (exact) mass is 1230 g/mol. The Bertz CT molecular complexity index is 3310. The zero-order chi connectivity index (χ0) is 62.8. The number of halogens is 24. The van der Waals surface area contributed by atoms with E-state index in [1.807, 2.05) is 47.3 Å². The molecule has 1 aliphatic carbocycles.